The van der Waals surface area contributed by atoms with Gasteiger partial charge in [0.25, 0.3) is 11.8 Å². The molecule has 2 aromatic heterocycles. The maximum Gasteiger partial charge on any atom is 0.261 e. The van der Waals surface area contributed by atoms with Gasteiger partial charge in [-0.2, -0.15) is 0 Å². The van der Waals surface area contributed by atoms with Gasteiger partial charge in [0.15, 0.2) is 17.4 Å². The number of hydrogen-bond donors (Lipinski definition) is 2. The summed E-state index contributed by atoms with van der Waals surface area (Å²) in [5.41, 5.74) is 1.59. The molecule has 0 unspecified atom stereocenters. The van der Waals surface area contributed by atoms with Gasteiger partial charge in [0.05, 0.1) is 22.2 Å². The summed E-state index contributed by atoms with van der Waals surface area (Å²) in [6.45, 7) is 0.111. The zero-order chi connectivity index (χ0) is 25.7. The number of aromatic nitrogens is 3. The van der Waals surface area contributed by atoms with E-state index in [1.54, 1.807) is 24.3 Å². The Morgan fingerprint density at radius 1 is 0.892 bits per heavy atom. The summed E-state index contributed by atoms with van der Waals surface area (Å²) in [7, 11) is 0. The molecule has 1 aliphatic heterocycles. The van der Waals surface area contributed by atoms with Crippen molar-refractivity contribution in [3.8, 4) is 22.9 Å². The van der Waals surface area contributed by atoms with Crippen LogP contribution < -0.4 is 4.74 Å². The van der Waals surface area contributed by atoms with Gasteiger partial charge in [-0.1, -0.05) is 12.1 Å². The second-order valence-electron chi connectivity index (χ2n) is 8.50. The minimum atomic E-state index is -0.910. The van der Waals surface area contributed by atoms with Gasteiger partial charge in [-0.25, -0.2) is 18.2 Å². The van der Waals surface area contributed by atoms with Crippen molar-refractivity contribution in [2.45, 2.75) is 6.42 Å². The Morgan fingerprint density at radius 3 is 2.41 bits per heavy atom. The minimum Gasteiger partial charge on any atom is -0.451 e. The van der Waals surface area contributed by atoms with Crippen LogP contribution in [0.2, 0.25) is 0 Å². The third-order valence-corrected chi connectivity index (χ3v) is 6.23. The molecule has 2 amide bonds. The third-order valence-electron chi connectivity index (χ3n) is 6.23. The fourth-order valence-electron chi connectivity index (χ4n) is 4.37. The van der Waals surface area contributed by atoms with E-state index in [2.05, 4.69) is 15.0 Å². The zero-order valence-corrected chi connectivity index (χ0v) is 19.0. The van der Waals surface area contributed by atoms with Crippen molar-refractivity contribution in [1.82, 2.24) is 19.9 Å². The fourth-order valence-corrected chi connectivity index (χ4v) is 4.37. The number of nitrogens with one attached hydrogen (secondary N) is 2. The number of ether oxygens (including phenoxy) is 1. The molecule has 10 heteroatoms. The van der Waals surface area contributed by atoms with E-state index in [-0.39, 0.29) is 52.8 Å². The number of amides is 2. The number of carbonyl (C=O) groups excluding carboxylic acids is 2. The van der Waals surface area contributed by atoms with Crippen LogP contribution in [0.4, 0.5) is 13.2 Å². The van der Waals surface area contributed by atoms with Gasteiger partial charge in [0, 0.05) is 42.5 Å². The highest BCUT2D eigenvalue weighted by molar-refractivity contribution is 6.21. The van der Waals surface area contributed by atoms with Gasteiger partial charge in [0.1, 0.15) is 17.4 Å². The molecule has 0 atom stereocenters. The van der Waals surface area contributed by atoms with Gasteiger partial charge >= 0.3 is 0 Å². The molecular formula is C27H17F3N4O3. The number of carbonyl (C=O) groups is 2. The van der Waals surface area contributed by atoms with E-state index in [1.165, 1.54) is 30.6 Å². The first-order valence-electron chi connectivity index (χ1n) is 11.3. The number of nitrogens with zero attached hydrogens (tertiary/aromatic N) is 2. The lowest BCUT2D eigenvalue weighted by molar-refractivity contribution is 0.0656. The van der Waals surface area contributed by atoms with Crippen LogP contribution in [-0.2, 0) is 6.42 Å². The molecule has 0 saturated carbocycles. The number of benzene rings is 3. The molecule has 5 aromatic rings. The standard InChI is InChI=1S/C27H17F3N4O3/c28-20-6-5-15(37-24-21(29)12-22-18(23(24)30)7-9-31-22)11-19(20)25-32-13-14(33-25)8-10-34-26(35)16-3-1-2-4-17(16)27(34)36/h1-7,9,11-13,31H,8,10H2,(H,32,33). The lowest BCUT2D eigenvalue weighted by Crippen LogP contribution is -2.31. The molecule has 0 radical (unpaired) electrons. The molecule has 3 aromatic carbocycles. The second kappa shape index (κ2) is 8.66. The Morgan fingerprint density at radius 2 is 1.65 bits per heavy atom. The average molecular weight is 502 g/mol. The largest absolute Gasteiger partial charge is 0.451 e. The van der Waals surface area contributed by atoms with Crippen molar-refractivity contribution in [2.75, 3.05) is 6.54 Å². The monoisotopic (exact) mass is 502 g/mol. The molecule has 7 nitrogen and oxygen atoms in total. The minimum absolute atomic E-state index is 0.00746. The number of H-pyrrole nitrogens is 2. The number of rotatable bonds is 6. The van der Waals surface area contributed by atoms with Crippen LogP contribution in [-0.4, -0.2) is 38.2 Å². The molecule has 1 aliphatic rings. The number of aromatic amines is 2. The topological polar surface area (TPSA) is 91.1 Å². The maximum absolute atomic E-state index is 14.8. The lowest BCUT2D eigenvalue weighted by Gasteiger charge is -2.12. The van der Waals surface area contributed by atoms with Crippen molar-refractivity contribution >= 4 is 22.7 Å². The van der Waals surface area contributed by atoms with Crippen molar-refractivity contribution < 1.29 is 27.5 Å². The Hall–Kier alpha value is -4.86. The molecule has 0 saturated heterocycles. The maximum atomic E-state index is 14.8. The number of hydrogen-bond acceptors (Lipinski definition) is 4. The molecule has 0 spiro atoms. The summed E-state index contributed by atoms with van der Waals surface area (Å²) in [6.07, 6.45) is 3.22. The summed E-state index contributed by atoms with van der Waals surface area (Å²) in [6, 6.07) is 12.8. The highest BCUT2D eigenvalue weighted by atomic mass is 19.1. The first-order chi connectivity index (χ1) is 17.9. The number of imidazole rings is 1. The van der Waals surface area contributed by atoms with Crippen molar-refractivity contribution in [1.29, 1.82) is 0 Å². The average Bonchev–Trinajstić information content (AvgIpc) is 3.61. The normalized spacial score (nSPS) is 13.0. The Labute approximate surface area is 207 Å². The van der Waals surface area contributed by atoms with E-state index in [0.717, 1.165) is 17.0 Å². The second-order valence-corrected chi connectivity index (χ2v) is 8.50. The summed E-state index contributed by atoms with van der Waals surface area (Å²) in [5.74, 6) is -3.60. The van der Waals surface area contributed by atoms with E-state index in [1.807, 2.05) is 0 Å². The van der Waals surface area contributed by atoms with Crippen LogP contribution in [0.3, 0.4) is 0 Å². The first kappa shape index (κ1) is 22.6. The van der Waals surface area contributed by atoms with Crippen LogP contribution in [0.25, 0.3) is 22.3 Å². The van der Waals surface area contributed by atoms with Gasteiger partial charge in [0.2, 0.25) is 0 Å². The Kier molecular flexibility index (Phi) is 5.29. The predicted octanol–water partition coefficient (Wildman–Crippen LogP) is 5.61. The number of imide groups is 1. The molecule has 0 bridgehead atoms. The highest BCUT2D eigenvalue weighted by Crippen LogP contribution is 2.34. The van der Waals surface area contributed by atoms with Crippen molar-refractivity contribution in [3.05, 3.63) is 101 Å². The molecule has 0 aliphatic carbocycles. The van der Waals surface area contributed by atoms with E-state index >= 15 is 0 Å². The lowest BCUT2D eigenvalue weighted by atomic mass is 10.1. The molecule has 37 heavy (non-hydrogen) atoms. The van der Waals surface area contributed by atoms with Crippen LogP contribution in [0.1, 0.15) is 26.4 Å². The first-order valence-corrected chi connectivity index (χ1v) is 11.3. The molecule has 2 N–H and O–H groups in total. The van der Waals surface area contributed by atoms with E-state index < -0.39 is 23.2 Å². The molecule has 184 valence electrons. The highest BCUT2D eigenvalue weighted by Gasteiger charge is 2.34. The Bertz CT molecular complexity index is 1670. The van der Waals surface area contributed by atoms with E-state index in [0.29, 0.717) is 16.8 Å². The van der Waals surface area contributed by atoms with Crippen LogP contribution in [0.15, 0.2) is 67.0 Å². The molecule has 3 heterocycles. The van der Waals surface area contributed by atoms with Gasteiger partial charge in [-0.3, -0.25) is 14.5 Å². The van der Waals surface area contributed by atoms with Gasteiger partial charge in [-0.15, -0.1) is 0 Å². The summed E-state index contributed by atoms with van der Waals surface area (Å²) in [5, 5.41) is 0.160. The van der Waals surface area contributed by atoms with Gasteiger partial charge in [-0.05, 0) is 36.4 Å². The predicted molar refractivity (Wildman–Crippen MR) is 128 cm³/mol. The third kappa shape index (κ3) is 3.83. The number of fused-ring (bicyclic) bond motifs is 2. The molecule has 6 rings (SSSR count). The van der Waals surface area contributed by atoms with Crippen LogP contribution in [0.5, 0.6) is 11.5 Å². The summed E-state index contributed by atoms with van der Waals surface area (Å²) >= 11 is 0. The van der Waals surface area contributed by atoms with Crippen LogP contribution in [0, 0.1) is 17.5 Å². The SMILES string of the molecule is O=C1c2ccccc2C(=O)N1CCc1cnc(-c2cc(Oc3c(F)cc4[nH]ccc4c3F)ccc2F)[nH]1. The number of halogens is 3. The molecular weight excluding hydrogens is 485 g/mol. The molecule has 0 fully saturated rings. The van der Waals surface area contributed by atoms with Crippen molar-refractivity contribution in [2.24, 2.45) is 0 Å². The van der Waals surface area contributed by atoms with Crippen molar-refractivity contribution in [3.63, 3.8) is 0 Å². The summed E-state index contributed by atoms with van der Waals surface area (Å²) < 4.78 is 49.4. The zero-order valence-electron chi connectivity index (χ0n) is 19.0. The van der Waals surface area contributed by atoms with E-state index in [9.17, 15) is 22.8 Å². The fraction of sp³-hybridized carbons (Fsp3) is 0.0741. The van der Waals surface area contributed by atoms with Gasteiger partial charge < -0.3 is 14.7 Å². The van der Waals surface area contributed by atoms with Crippen LogP contribution >= 0.6 is 0 Å². The summed E-state index contributed by atoms with van der Waals surface area (Å²) in [4.78, 5) is 36.2. The van der Waals surface area contributed by atoms with E-state index in [4.69, 9.17) is 4.74 Å². The Balaban J connectivity index is 1.21. The quantitative estimate of drug-likeness (QED) is 0.296. The smallest absolute Gasteiger partial charge is 0.261 e.